The average Bonchev–Trinajstić information content (AvgIpc) is 2.93. The van der Waals surface area contributed by atoms with Gasteiger partial charge in [-0.15, -0.1) is 0 Å². The molecule has 3 atom stereocenters. The number of rotatable bonds is 7. The highest BCUT2D eigenvalue weighted by Crippen LogP contribution is 2.58. The molecular formula is C29H34N2O8. The van der Waals surface area contributed by atoms with E-state index in [1.807, 2.05) is 31.9 Å². The van der Waals surface area contributed by atoms with E-state index < -0.39 is 18.1 Å². The van der Waals surface area contributed by atoms with E-state index in [1.54, 1.807) is 33.3 Å². The lowest BCUT2D eigenvalue weighted by molar-refractivity contribution is -0.145. The predicted molar refractivity (Wildman–Crippen MR) is 143 cm³/mol. The molecule has 208 valence electrons. The van der Waals surface area contributed by atoms with Crippen molar-refractivity contribution < 1.29 is 38.0 Å². The van der Waals surface area contributed by atoms with Crippen LogP contribution in [0.15, 0.2) is 5.70 Å². The molecule has 0 N–H and O–H groups in total. The molecule has 39 heavy (non-hydrogen) atoms. The number of likely N-dealkylation sites (N-methyl/N-ethyl adjacent to an activating group) is 1. The summed E-state index contributed by atoms with van der Waals surface area (Å²) in [5.74, 6) is 3.00. The van der Waals surface area contributed by atoms with Crippen LogP contribution in [0.5, 0.6) is 34.5 Å². The molecule has 5 rings (SSSR count). The molecule has 10 heteroatoms. The van der Waals surface area contributed by atoms with Gasteiger partial charge in [-0.05, 0) is 27.0 Å². The van der Waals surface area contributed by atoms with Gasteiger partial charge in [-0.3, -0.25) is 14.6 Å². The van der Waals surface area contributed by atoms with Crippen LogP contribution in [0.2, 0.25) is 0 Å². The first-order valence-electron chi connectivity index (χ1n) is 12.6. The SMILES string of the molecule is COc1c(C)c(OC)c(OC)c2c1C=C1[C@@H]3c4c(c(OC)c(C)c(OC)c4OC)C[C@@H](C(=O)N1[C@H]2C=O)N3C. The van der Waals surface area contributed by atoms with E-state index in [-0.39, 0.29) is 5.91 Å². The van der Waals surface area contributed by atoms with E-state index in [9.17, 15) is 9.59 Å². The monoisotopic (exact) mass is 538 g/mol. The second kappa shape index (κ2) is 9.68. The van der Waals surface area contributed by atoms with Crippen LogP contribution < -0.4 is 28.4 Å². The van der Waals surface area contributed by atoms with E-state index in [1.165, 1.54) is 14.2 Å². The van der Waals surface area contributed by atoms with Crippen LogP contribution in [0.25, 0.3) is 6.08 Å². The number of ether oxygens (including phenoxy) is 6. The number of methoxy groups -OCH3 is 6. The lowest BCUT2D eigenvalue weighted by Crippen LogP contribution is -2.60. The van der Waals surface area contributed by atoms with Gasteiger partial charge in [0.1, 0.15) is 23.8 Å². The summed E-state index contributed by atoms with van der Waals surface area (Å²) in [4.78, 5) is 30.7. The van der Waals surface area contributed by atoms with Gasteiger partial charge >= 0.3 is 0 Å². The smallest absolute Gasteiger partial charge is 0.245 e. The molecule has 0 saturated carbocycles. The third kappa shape index (κ3) is 3.37. The van der Waals surface area contributed by atoms with Crippen LogP contribution >= 0.6 is 0 Å². The summed E-state index contributed by atoms with van der Waals surface area (Å²) in [7, 11) is 11.3. The Morgan fingerprint density at radius 3 is 1.79 bits per heavy atom. The van der Waals surface area contributed by atoms with Gasteiger partial charge in [0.2, 0.25) is 5.91 Å². The molecule has 2 bridgehead atoms. The highest BCUT2D eigenvalue weighted by molar-refractivity contribution is 5.94. The summed E-state index contributed by atoms with van der Waals surface area (Å²) < 4.78 is 34.9. The van der Waals surface area contributed by atoms with Crippen molar-refractivity contribution in [3.05, 3.63) is 39.1 Å². The van der Waals surface area contributed by atoms with Crippen molar-refractivity contribution >= 4 is 18.3 Å². The van der Waals surface area contributed by atoms with Gasteiger partial charge in [0.25, 0.3) is 0 Å². The first-order chi connectivity index (χ1) is 18.7. The predicted octanol–water partition coefficient (Wildman–Crippen LogP) is 3.39. The molecule has 0 spiro atoms. The molecule has 0 aromatic heterocycles. The molecule has 2 aromatic rings. The summed E-state index contributed by atoms with van der Waals surface area (Å²) in [6, 6.07) is -1.93. The number of hydrogen-bond acceptors (Lipinski definition) is 9. The number of aldehydes is 1. The van der Waals surface area contributed by atoms with Gasteiger partial charge < -0.3 is 33.2 Å². The van der Waals surface area contributed by atoms with Crippen LogP contribution in [0, 0.1) is 13.8 Å². The first-order valence-corrected chi connectivity index (χ1v) is 12.6. The summed E-state index contributed by atoms with van der Waals surface area (Å²) in [5.41, 5.74) is 5.05. The number of carbonyl (C=O) groups is 2. The third-order valence-corrected chi connectivity index (χ3v) is 8.27. The van der Waals surface area contributed by atoms with Crippen molar-refractivity contribution in [2.45, 2.75) is 38.4 Å². The van der Waals surface area contributed by atoms with Crippen LogP contribution in [-0.2, 0) is 16.0 Å². The maximum absolute atomic E-state index is 14.2. The Morgan fingerprint density at radius 2 is 1.28 bits per heavy atom. The summed E-state index contributed by atoms with van der Waals surface area (Å²) >= 11 is 0. The number of nitrogens with zero attached hydrogens (tertiary/aromatic N) is 2. The minimum absolute atomic E-state index is 0.191. The number of amides is 1. The number of benzene rings is 2. The number of hydrogen-bond donors (Lipinski definition) is 0. The Kier molecular flexibility index (Phi) is 6.62. The Hall–Kier alpha value is -3.92. The number of piperazine rings is 1. The maximum Gasteiger partial charge on any atom is 0.245 e. The zero-order valence-electron chi connectivity index (χ0n) is 23.8. The molecule has 3 aliphatic rings. The fraction of sp³-hybridized carbons (Fsp3) is 0.448. The number of carbonyl (C=O) groups excluding carboxylic acids is 2. The van der Waals surface area contributed by atoms with Gasteiger partial charge in [0.05, 0.1) is 54.7 Å². The molecule has 0 radical (unpaired) electrons. The van der Waals surface area contributed by atoms with Gasteiger partial charge in [-0.2, -0.15) is 0 Å². The van der Waals surface area contributed by atoms with E-state index >= 15 is 0 Å². The summed E-state index contributed by atoms with van der Waals surface area (Å²) in [6.07, 6.45) is 3.06. The minimum Gasteiger partial charge on any atom is -0.496 e. The van der Waals surface area contributed by atoms with Crippen LogP contribution in [-0.4, -0.2) is 77.7 Å². The Balaban J connectivity index is 1.91. The zero-order valence-corrected chi connectivity index (χ0v) is 23.8. The lowest BCUT2D eigenvalue weighted by atomic mass is 9.77. The standard InChI is InChI=1S/C29H34N2O8/c1-13-23(34-4)15-10-17-22-21-16(24(35-5)14(2)26(37-7)28(21)39-9)11-18(30(22)3)29(33)31(17)19(12-32)20(15)27(38-8)25(13)36-6/h10,12,18-19,22H,11H2,1-9H3/t18-,19-,22+/m0/s1. The topological polar surface area (TPSA) is 96.0 Å². The third-order valence-electron chi connectivity index (χ3n) is 8.27. The second-order valence-corrected chi connectivity index (χ2v) is 9.82. The number of fused-ring (bicyclic) bond motifs is 7. The highest BCUT2D eigenvalue weighted by atomic mass is 16.5. The molecule has 1 fully saturated rings. The Morgan fingerprint density at radius 1 is 0.769 bits per heavy atom. The van der Waals surface area contributed by atoms with Crippen molar-refractivity contribution in [3.8, 4) is 34.5 Å². The average molecular weight is 539 g/mol. The van der Waals surface area contributed by atoms with Gasteiger partial charge in [-0.25, -0.2) is 0 Å². The maximum atomic E-state index is 14.2. The van der Waals surface area contributed by atoms with E-state index in [0.717, 1.165) is 28.5 Å². The molecule has 3 heterocycles. The Labute approximate surface area is 228 Å². The van der Waals surface area contributed by atoms with Gasteiger partial charge in [0, 0.05) is 45.5 Å². The molecule has 1 saturated heterocycles. The normalized spacial score (nSPS) is 21.3. The second-order valence-electron chi connectivity index (χ2n) is 9.82. The van der Waals surface area contributed by atoms with E-state index in [4.69, 9.17) is 28.4 Å². The van der Waals surface area contributed by atoms with Crippen molar-refractivity contribution in [3.63, 3.8) is 0 Å². The molecule has 0 unspecified atom stereocenters. The zero-order chi connectivity index (χ0) is 28.3. The minimum atomic E-state index is -0.952. The van der Waals surface area contributed by atoms with Crippen LogP contribution in [0.1, 0.15) is 45.5 Å². The fourth-order valence-corrected chi connectivity index (χ4v) is 6.70. The van der Waals surface area contributed by atoms with Crippen molar-refractivity contribution in [2.75, 3.05) is 49.7 Å². The van der Waals surface area contributed by atoms with Crippen molar-refractivity contribution in [1.29, 1.82) is 0 Å². The molecule has 10 nitrogen and oxygen atoms in total. The Bertz CT molecular complexity index is 1420. The lowest BCUT2D eigenvalue weighted by Gasteiger charge is -2.53. The molecule has 1 amide bonds. The molecular weight excluding hydrogens is 504 g/mol. The van der Waals surface area contributed by atoms with Crippen molar-refractivity contribution in [1.82, 2.24) is 9.80 Å². The molecule has 0 aliphatic carbocycles. The van der Waals surface area contributed by atoms with Gasteiger partial charge in [-0.1, -0.05) is 0 Å². The van der Waals surface area contributed by atoms with Gasteiger partial charge in [0.15, 0.2) is 23.0 Å². The highest BCUT2D eigenvalue weighted by Gasteiger charge is 2.53. The summed E-state index contributed by atoms with van der Waals surface area (Å²) in [5, 5.41) is 0. The fourth-order valence-electron chi connectivity index (χ4n) is 6.70. The van der Waals surface area contributed by atoms with Crippen LogP contribution in [0.4, 0.5) is 0 Å². The van der Waals surface area contributed by atoms with E-state index in [2.05, 4.69) is 0 Å². The van der Waals surface area contributed by atoms with E-state index in [0.29, 0.717) is 57.7 Å². The largest absolute Gasteiger partial charge is 0.496 e. The van der Waals surface area contributed by atoms with Crippen LogP contribution in [0.3, 0.4) is 0 Å². The molecule has 2 aromatic carbocycles. The summed E-state index contributed by atoms with van der Waals surface area (Å²) in [6.45, 7) is 3.78. The molecule has 3 aliphatic heterocycles. The quantitative estimate of drug-likeness (QED) is 0.492. The first kappa shape index (κ1) is 26.7. The van der Waals surface area contributed by atoms with Crippen molar-refractivity contribution in [2.24, 2.45) is 0 Å².